The van der Waals surface area contributed by atoms with Crippen LogP contribution in [-0.4, -0.2) is 8.42 Å². The molecule has 3 aromatic carbocycles. The summed E-state index contributed by atoms with van der Waals surface area (Å²) in [6.45, 7) is 0. The van der Waals surface area contributed by atoms with E-state index in [9.17, 15) is 21.6 Å². The van der Waals surface area contributed by atoms with E-state index in [0.717, 1.165) is 12.1 Å². The summed E-state index contributed by atoms with van der Waals surface area (Å²) in [5.41, 5.74) is -0.768. The molecule has 0 radical (unpaired) electrons. The van der Waals surface area contributed by atoms with Crippen LogP contribution in [0.2, 0.25) is 0 Å². The van der Waals surface area contributed by atoms with Gasteiger partial charge in [0.05, 0.1) is 10.5 Å². The molecule has 8 heteroatoms. The van der Waals surface area contributed by atoms with Crippen molar-refractivity contribution in [3.63, 3.8) is 0 Å². The summed E-state index contributed by atoms with van der Waals surface area (Å²) in [7, 11) is -3.83. The standard InChI is InChI=1S/C17H12F3NO3S/c18-17(19,20)12-4-6-13(7-5-12)24-16-3-1-2-11-10-14(25(21,22)23)8-9-15(11)16/h1-10H,(H2,21,22,23). The van der Waals surface area contributed by atoms with Gasteiger partial charge in [-0.25, -0.2) is 13.6 Å². The first-order chi connectivity index (χ1) is 11.6. The second-order valence-corrected chi connectivity index (χ2v) is 6.87. The predicted octanol–water partition coefficient (Wildman–Crippen LogP) is 4.30. The highest BCUT2D eigenvalue weighted by molar-refractivity contribution is 7.89. The third kappa shape index (κ3) is 3.75. The average molecular weight is 367 g/mol. The van der Waals surface area contributed by atoms with Crippen LogP contribution in [-0.2, 0) is 16.2 Å². The first kappa shape index (κ1) is 17.2. The lowest BCUT2D eigenvalue weighted by molar-refractivity contribution is -0.137. The number of fused-ring (bicyclic) bond motifs is 1. The van der Waals surface area contributed by atoms with Crippen LogP contribution in [0.15, 0.2) is 65.6 Å². The van der Waals surface area contributed by atoms with Crippen molar-refractivity contribution >= 4 is 20.8 Å². The molecule has 3 aromatic rings. The number of nitrogens with two attached hydrogens (primary N) is 1. The molecule has 0 aliphatic carbocycles. The molecule has 0 aromatic heterocycles. The van der Waals surface area contributed by atoms with Gasteiger partial charge in [0.15, 0.2) is 0 Å². The first-order valence-corrected chi connectivity index (χ1v) is 8.60. The monoisotopic (exact) mass is 367 g/mol. The molecule has 0 heterocycles. The lowest BCUT2D eigenvalue weighted by Crippen LogP contribution is -2.11. The van der Waals surface area contributed by atoms with Crippen molar-refractivity contribution in [2.45, 2.75) is 11.1 Å². The van der Waals surface area contributed by atoms with Gasteiger partial charge < -0.3 is 4.74 Å². The van der Waals surface area contributed by atoms with Gasteiger partial charge in [-0.15, -0.1) is 0 Å². The topological polar surface area (TPSA) is 69.4 Å². The molecule has 2 N–H and O–H groups in total. The lowest BCUT2D eigenvalue weighted by atomic mass is 10.1. The van der Waals surface area contributed by atoms with Gasteiger partial charge in [-0.05, 0) is 53.9 Å². The predicted molar refractivity (Wildman–Crippen MR) is 86.8 cm³/mol. The Kier molecular flexibility index (Phi) is 4.18. The summed E-state index contributed by atoms with van der Waals surface area (Å²) in [5, 5.41) is 6.29. The number of hydrogen-bond donors (Lipinski definition) is 1. The van der Waals surface area contributed by atoms with E-state index in [1.54, 1.807) is 18.2 Å². The Morgan fingerprint density at radius 1 is 0.920 bits per heavy atom. The van der Waals surface area contributed by atoms with E-state index in [4.69, 9.17) is 9.88 Å². The first-order valence-electron chi connectivity index (χ1n) is 7.05. The van der Waals surface area contributed by atoms with Gasteiger partial charge in [-0.2, -0.15) is 13.2 Å². The molecule has 25 heavy (non-hydrogen) atoms. The Bertz CT molecular complexity index is 1030. The van der Waals surface area contributed by atoms with Crippen LogP contribution in [0.25, 0.3) is 10.8 Å². The van der Waals surface area contributed by atoms with Crippen LogP contribution >= 0.6 is 0 Å². The molecule has 0 spiro atoms. The van der Waals surface area contributed by atoms with Crippen molar-refractivity contribution in [3.8, 4) is 11.5 Å². The van der Waals surface area contributed by atoms with Crippen molar-refractivity contribution in [2.75, 3.05) is 0 Å². The van der Waals surface area contributed by atoms with Gasteiger partial charge in [-0.1, -0.05) is 12.1 Å². The largest absolute Gasteiger partial charge is 0.457 e. The van der Waals surface area contributed by atoms with Crippen LogP contribution in [0.1, 0.15) is 5.56 Å². The van der Waals surface area contributed by atoms with Crippen LogP contribution < -0.4 is 9.88 Å². The Morgan fingerprint density at radius 3 is 2.20 bits per heavy atom. The highest BCUT2D eigenvalue weighted by Crippen LogP contribution is 2.34. The molecule has 0 aliphatic rings. The molecular weight excluding hydrogens is 355 g/mol. The second kappa shape index (κ2) is 6.05. The minimum atomic E-state index is -4.41. The van der Waals surface area contributed by atoms with Crippen LogP contribution in [0, 0.1) is 0 Å². The highest BCUT2D eigenvalue weighted by atomic mass is 32.2. The number of rotatable bonds is 3. The number of hydrogen-bond acceptors (Lipinski definition) is 3. The Labute approximate surface area is 141 Å². The minimum Gasteiger partial charge on any atom is -0.457 e. The van der Waals surface area contributed by atoms with Gasteiger partial charge in [-0.3, -0.25) is 0 Å². The van der Waals surface area contributed by atoms with E-state index >= 15 is 0 Å². The van der Waals surface area contributed by atoms with Gasteiger partial charge in [0.25, 0.3) is 0 Å². The van der Waals surface area contributed by atoms with Gasteiger partial charge in [0.1, 0.15) is 11.5 Å². The molecular formula is C17H12F3NO3S. The summed E-state index contributed by atoms with van der Waals surface area (Å²) in [6, 6.07) is 13.6. The molecule has 130 valence electrons. The van der Waals surface area contributed by atoms with E-state index < -0.39 is 21.8 Å². The number of sulfonamides is 1. The molecule has 0 fully saturated rings. The quantitative estimate of drug-likeness (QED) is 0.750. The van der Waals surface area contributed by atoms with Crippen molar-refractivity contribution in [2.24, 2.45) is 5.14 Å². The van der Waals surface area contributed by atoms with Crippen molar-refractivity contribution in [1.29, 1.82) is 0 Å². The molecule has 0 saturated heterocycles. The van der Waals surface area contributed by atoms with Crippen LogP contribution in [0.3, 0.4) is 0 Å². The van der Waals surface area contributed by atoms with E-state index in [2.05, 4.69) is 0 Å². The summed E-state index contributed by atoms with van der Waals surface area (Å²) in [4.78, 5) is -0.0355. The molecule has 0 unspecified atom stereocenters. The Morgan fingerprint density at radius 2 is 1.60 bits per heavy atom. The summed E-state index contributed by atoms with van der Waals surface area (Å²) in [6.07, 6.45) is -4.41. The van der Waals surface area contributed by atoms with E-state index in [0.29, 0.717) is 16.5 Å². The fourth-order valence-corrected chi connectivity index (χ4v) is 2.89. The number of benzene rings is 3. The molecule has 0 amide bonds. The van der Waals surface area contributed by atoms with Crippen LogP contribution in [0.4, 0.5) is 13.2 Å². The number of primary sulfonamides is 1. The number of alkyl halides is 3. The fraction of sp³-hybridized carbons (Fsp3) is 0.0588. The average Bonchev–Trinajstić information content (AvgIpc) is 2.53. The maximum absolute atomic E-state index is 12.6. The normalized spacial score (nSPS) is 12.3. The minimum absolute atomic E-state index is 0.0355. The van der Waals surface area contributed by atoms with E-state index in [-0.39, 0.29) is 10.6 Å². The zero-order valence-electron chi connectivity index (χ0n) is 12.6. The third-order valence-corrected chi connectivity index (χ3v) is 4.46. The summed E-state index contributed by atoms with van der Waals surface area (Å²) < 4.78 is 66.2. The summed E-state index contributed by atoms with van der Waals surface area (Å²) >= 11 is 0. The maximum atomic E-state index is 12.6. The Balaban J connectivity index is 1.96. The molecule has 0 bridgehead atoms. The van der Waals surface area contributed by atoms with E-state index in [1.807, 2.05) is 0 Å². The number of ether oxygens (including phenoxy) is 1. The van der Waals surface area contributed by atoms with Gasteiger partial charge in [0, 0.05) is 5.39 Å². The van der Waals surface area contributed by atoms with Crippen molar-refractivity contribution in [3.05, 3.63) is 66.2 Å². The SMILES string of the molecule is NS(=O)(=O)c1ccc2c(Oc3ccc(C(F)(F)F)cc3)cccc2c1. The lowest BCUT2D eigenvalue weighted by Gasteiger charge is -2.11. The molecule has 0 aliphatic heterocycles. The molecule has 0 saturated carbocycles. The van der Waals surface area contributed by atoms with Crippen molar-refractivity contribution in [1.82, 2.24) is 0 Å². The van der Waals surface area contributed by atoms with Gasteiger partial charge in [0.2, 0.25) is 10.0 Å². The summed E-state index contributed by atoms with van der Waals surface area (Å²) in [5.74, 6) is 0.620. The number of halogens is 3. The zero-order chi connectivity index (χ0) is 18.2. The zero-order valence-corrected chi connectivity index (χ0v) is 13.4. The fourth-order valence-electron chi connectivity index (χ4n) is 2.34. The van der Waals surface area contributed by atoms with Gasteiger partial charge >= 0.3 is 6.18 Å². The van der Waals surface area contributed by atoms with Crippen LogP contribution in [0.5, 0.6) is 11.5 Å². The third-order valence-electron chi connectivity index (χ3n) is 3.55. The highest BCUT2D eigenvalue weighted by Gasteiger charge is 2.30. The van der Waals surface area contributed by atoms with E-state index in [1.165, 1.54) is 30.3 Å². The second-order valence-electron chi connectivity index (χ2n) is 5.31. The molecule has 3 rings (SSSR count). The maximum Gasteiger partial charge on any atom is 0.416 e. The Hall–Kier alpha value is -2.58. The molecule has 0 atom stereocenters. The molecule has 4 nitrogen and oxygen atoms in total. The van der Waals surface area contributed by atoms with Crippen molar-refractivity contribution < 1.29 is 26.3 Å². The smallest absolute Gasteiger partial charge is 0.416 e.